The van der Waals surface area contributed by atoms with E-state index in [0.29, 0.717) is 12.3 Å². The Kier molecular flexibility index (Phi) is 9.06. The van der Waals surface area contributed by atoms with Gasteiger partial charge in [-0.1, -0.05) is 68.2 Å². The van der Waals surface area contributed by atoms with Crippen LogP contribution in [0.25, 0.3) is 11.1 Å². The lowest BCUT2D eigenvalue weighted by Gasteiger charge is -2.17. The van der Waals surface area contributed by atoms with Gasteiger partial charge in [0.1, 0.15) is 19.4 Å². The Labute approximate surface area is 234 Å². The van der Waals surface area contributed by atoms with Gasteiger partial charge in [-0.3, -0.25) is 4.79 Å². The van der Waals surface area contributed by atoms with E-state index in [4.69, 9.17) is 9.47 Å². The monoisotopic (exact) mass is 564 g/mol. The molecule has 3 N–H and O–H groups in total. The molecule has 0 saturated heterocycles. The molecule has 0 bridgehead atoms. The lowest BCUT2D eigenvalue weighted by molar-refractivity contribution is -0.139. The van der Waals surface area contributed by atoms with Crippen molar-refractivity contribution in [3.63, 3.8) is 0 Å². The molecule has 2 aromatic carbocycles. The number of amides is 2. The summed E-state index contributed by atoms with van der Waals surface area (Å²) in [5.74, 6) is -1.70. The number of carbonyl (C=O) groups is 3. The molecule has 1 heterocycles. The van der Waals surface area contributed by atoms with E-state index in [9.17, 15) is 19.5 Å². The van der Waals surface area contributed by atoms with Gasteiger partial charge in [0.05, 0.1) is 5.69 Å². The van der Waals surface area contributed by atoms with Gasteiger partial charge in [-0.05, 0) is 28.3 Å². The third-order valence-corrected chi connectivity index (χ3v) is 8.53. The second-order valence-corrected chi connectivity index (χ2v) is 16.6. The van der Waals surface area contributed by atoms with Crippen LogP contribution in [0.4, 0.5) is 4.79 Å². The van der Waals surface area contributed by atoms with Crippen LogP contribution in [0.2, 0.25) is 25.7 Å². The first-order valence-electron chi connectivity index (χ1n) is 13.3. The molecule has 1 unspecified atom stereocenters. The standard InChI is InChI=1S/C29H36N4O6Si/c1-30-27(34)26-31-19(16-33(26)18-38-13-14-40(2,3)4)15-25(28(35)36)32-29(37)39-17-24-22-11-7-5-9-20(22)21-10-6-8-12-23(21)24/h5-12,16,24-25H,13-15,17-18H2,1-4H3,(H,30,34)(H,32,37)(H,35,36). The molecule has 3 aromatic rings. The van der Waals surface area contributed by atoms with Crippen LogP contribution < -0.4 is 10.6 Å². The maximum absolute atomic E-state index is 12.7. The van der Waals surface area contributed by atoms with E-state index in [1.165, 1.54) is 7.05 Å². The van der Waals surface area contributed by atoms with Crippen molar-refractivity contribution in [1.82, 2.24) is 20.2 Å². The predicted octanol–water partition coefficient (Wildman–Crippen LogP) is 4.09. The second-order valence-electron chi connectivity index (χ2n) is 11.0. The molecule has 0 spiro atoms. The van der Waals surface area contributed by atoms with Crippen LogP contribution in [0.1, 0.15) is 33.4 Å². The van der Waals surface area contributed by atoms with Crippen LogP contribution in [-0.2, 0) is 27.4 Å². The first-order chi connectivity index (χ1) is 19.1. The van der Waals surface area contributed by atoms with E-state index in [1.807, 2.05) is 48.5 Å². The number of aliphatic carboxylic acids is 1. The lowest BCUT2D eigenvalue weighted by Crippen LogP contribution is -2.43. The minimum atomic E-state index is -1.30. The maximum atomic E-state index is 12.7. The topological polar surface area (TPSA) is 132 Å². The Bertz CT molecular complexity index is 1340. The van der Waals surface area contributed by atoms with E-state index >= 15 is 0 Å². The van der Waals surface area contributed by atoms with E-state index in [2.05, 4.69) is 35.3 Å². The number of ether oxygens (including phenoxy) is 2. The molecular formula is C29H36N4O6Si. The average Bonchev–Trinajstić information content (AvgIpc) is 3.47. The van der Waals surface area contributed by atoms with Crippen molar-refractivity contribution in [3.05, 3.63) is 77.4 Å². The minimum absolute atomic E-state index is 0.0659. The van der Waals surface area contributed by atoms with Gasteiger partial charge in [0.15, 0.2) is 0 Å². The molecule has 1 aliphatic carbocycles. The molecule has 10 nitrogen and oxygen atoms in total. The molecule has 0 radical (unpaired) electrons. The van der Waals surface area contributed by atoms with E-state index in [0.717, 1.165) is 28.3 Å². The molecule has 2 amide bonds. The molecule has 0 fully saturated rings. The highest BCUT2D eigenvalue weighted by atomic mass is 28.3. The first kappa shape index (κ1) is 29.0. The summed E-state index contributed by atoms with van der Waals surface area (Å²) in [6, 6.07) is 15.6. The van der Waals surface area contributed by atoms with Gasteiger partial charge in [-0.2, -0.15) is 0 Å². The number of hydrogen-bond acceptors (Lipinski definition) is 6. The summed E-state index contributed by atoms with van der Waals surface area (Å²) in [5.41, 5.74) is 4.65. The molecule has 40 heavy (non-hydrogen) atoms. The highest BCUT2D eigenvalue weighted by Gasteiger charge is 2.30. The van der Waals surface area contributed by atoms with Crippen LogP contribution in [-0.4, -0.2) is 67.0 Å². The molecule has 1 atom stereocenters. The van der Waals surface area contributed by atoms with Crippen molar-refractivity contribution < 1.29 is 29.0 Å². The van der Waals surface area contributed by atoms with Crippen molar-refractivity contribution in [2.75, 3.05) is 20.3 Å². The number of aromatic nitrogens is 2. The number of nitrogens with zero attached hydrogens (tertiary/aromatic N) is 2. The van der Waals surface area contributed by atoms with E-state index in [1.54, 1.807) is 10.8 Å². The van der Waals surface area contributed by atoms with Crippen LogP contribution in [0.3, 0.4) is 0 Å². The van der Waals surface area contributed by atoms with Gasteiger partial charge in [0.2, 0.25) is 5.82 Å². The van der Waals surface area contributed by atoms with E-state index < -0.39 is 32.1 Å². The van der Waals surface area contributed by atoms with Gasteiger partial charge in [-0.25, -0.2) is 14.6 Å². The van der Waals surface area contributed by atoms with Crippen molar-refractivity contribution >= 4 is 26.0 Å². The zero-order valence-electron chi connectivity index (χ0n) is 23.3. The Morgan fingerprint density at radius 1 is 1.05 bits per heavy atom. The Morgan fingerprint density at radius 2 is 1.68 bits per heavy atom. The van der Waals surface area contributed by atoms with E-state index in [-0.39, 0.29) is 31.5 Å². The normalized spacial score (nSPS) is 13.3. The number of carboxylic acid groups (broad SMARTS) is 1. The molecular weight excluding hydrogens is 528 g/mol. The SMILES string of the molecule is CNC(=O)c1nc(CC(NC(=O)OCC2c3ccccc3-c3ccccc32)C(=O)O)cn1COCC[Si](C)(C)C. The fraction of sp³-hybridized carbons (Fsp3) is 0.379. The van der Waals surface area contributed by atoms with Crippen LogP contribution in [0.5, 0.6) is 0 Å². The molecule has 1 aliphatic rings. The Balaban J connectivity index is 1.40. The van der Waals surface area contributed by atoms with Crippen molar-refractivity contribution in [2.45, 2.75) is 50.8 Å². The number of benzene rings is 2. The number of nitrogens with one attached hydrogen (secondary N) is 2. The Morgan fingerprint density at radius 3 is 2.25 bits per heavy atom. The Hall–Kier alpha value is -3.96. The summed E-state index contributed by atoms with van der Waals surface area (Å²) in [5, 5.41) is 14.8. The minimum Gasteiger partial charge on any atom is -0.480 e. The number of carboxylic acids is 1. The van der Waals surface area contributed by atoms with Gasteiger partial charge in [0.25, 0.3) is 5.91 Å². The van der Waals surface area contributed by atoms with Crippen molar-refractivity contribution in [2.24, 2.45) is 0 Å². The summed E-state index contributed by atoms with van der Waals surface area (Å²) in [4.78, 5) is 41.4. The largest absolute Gasteiger partial charge is 0.480 e. The van der Waals surface area contributed by atoms with Crippen molar-refractivity contribution in [3.8, 4) is 11.1 Å². The molecule has 0 saturated carbocycles. The molecule has 11 heteroatoms. The van der Waals surface area contributed by atoms with Gasteiger partial charge < -0.3 is 29.8 Å². The summed E-state index contributed by atoms with van der Waals surface area (Å²) >= 11 is 0. The number of carbonyl (C=O) groups excluding carboxylic acids is 2. The summed E-state index contributed by atoms with van der Waals surface area (Å²) in [6.07, 6.45) is 0.606. The summed E-state index contributed by atoms with van der Waals surface area (Å²) in [6.45, 7) is 7.47. The van der Waals surface area contributed by atoms with Crippen LogP contribution >= 0.6 is 0 Å². The van der Waals surface area contributed by atoms with Crippen molar-refractivity contribution in [1.29, 1.82) is 0 Å². The third kappa shape index (κ3) is 6.96. The number of fused-ring (bicyclic) bond motifs is 3. The van der Waals surface area contributed by atoms with Crippen LogP contribution in [0, 0.1) is 0 Å². The fourth-order valence-corrected chi connectivity index (χ4v) is 5.45. The number of hydrogen-bond donors (Lipinski definition) is 3. The molecule has 212 valence electrons. The highest BCUT2D eigenvalue weighted by Crippen LogP contribution is 2.44. The summed E-state index contributed by atoms with van der Waals surface area (Å²) in [7, 11) is 0.212. The fourth-order valence-electron chi connectivity index (χ4n) is 4.69. The predicted molar refractivity (Wildman–Crippen MR) is 153 cm³/mol. The zero-order chi connectivity index (χ0) is 28.9. The first-order valence-corrected chi connectivity index (χ1v) is 17.0. The smallest absolute Gasteiger partial charge is 0.407 e. The number of imidazole rings is 1. The molecule has 1 aromatic heterocycles. The summed E-state index contributed by atoms with van der Waals surface area (Å²) < 4.78 is 12.8. The lowest BCUT2D eigenvalue weighted by atomic mass is 9.98. The third-order valence-electron chi connectivity index (χ3n) is 6.83. The molecule has 0 aliphatic heterocycles. The highest BCUT2D eigenvalue weighted by molar-refractivity contribution is 6.76. The molecule has 4 rings (SSSR count). The average molecular weight is 565 g/mol. The second kappa shape index (κ2) is 12.5. The van der Waals surface area contributed by atoms with Gasteiger partial charge in [0, 0.05) is 40.3 Å². The van der Waals surface area contributed by atoms with Crippen LogP contribution in [0.15, 0.2) is 54.7 Å². The zero-order valence-corrected chi connectivity index (χ0v) is 24.3. The number of rotatable bonds is 12. The maximum Gasteiger partial charge on any atom is 0.407 e. The van der Waals surface area contributed by atoms with Gasteiger partial charge >= 0.3 is 12.1 Å². The quantitative estimate of drug-likeness (QED) is 0.223. The van der Waals surface area contributed by atoms with Gasteiger partial charge in [-0.15, -0.1) is 0 Å². The number of alkyl carbamates (subject to hydrolysis) is 1.